The average Bonchev–Trinajstić information content (AvgIpc) is 2.23. The lowest BCUT2D eigenvalue weighted by molar-refractivity contribution is -0.146. The molecule has 0 unspecified atom stereocenters. The molecule has 1 N–H and O–H groups in total. The van der Waals surface area contributed by atoms with Crippen molar-refractivity contribution in [3.05, 3.63) is 29.1 Å². The fraction of sp³-hybridized carbons (Fsp3) is 0.462. The van der Waals surface area contributed by atoms with Gasteiger partial charge in [0, 0.05) is 0 Å². The van der Waals surface area contributed by atoms with E-state index in [9.17, 15) is 9.18 Å². The predicted octanol–water partition coefficient (Wildman–Crippen LogP) is 2.80. The van der Waals surface area contributed by atoms with Crippen LogP contribution in [-0.2, 0) is 11.2 Å². The molecular formula is C13H17FO3. The molecule has 1 rings (SSSR count). The molecule has 0 amide bonds. The van der Waals surface area contributed by atoms with Crippen LogP contribution in [0.5, 0.6) is 5.75 Å². The lowest BCUT2D eigenvalue weighted by Gasteiger charge is -2.21. The molecule has 17 heavy (non-hydrogen) atoms. The number of rotatable bonds is 4. The van der Waals surface area contributed by atoms with Gasteiger partial charge in [-0.2, -0.15) is 0 Å². The minimum Gasteiger partial charge on any atom is -0.493 e. The maximum absolute atomic E-state index is 13.8. The van der Waals surface area contributed by atoms with Crippen LogP contribution < -0.4 is 4.74 Å². The van der Waals surface area contributed by atoms with Crippen molar-refractivity contribution < 1.29 is 19.0 Å². The van der Waals surface area contributed by atoms with Gasteiger partial charge in [-0.25, -0.2) is 4.39 Å². The van der Waals surface area contributed by atoms with E-state index in [4.69, 9.17) is 9.84 Å². The van der Waals surface area contributed by atoms with Crippen LogP contribution >= 0.6 is 0 Å². The van der Waals surface area contributed by atoms with E-state index >= 15 is 0 Å². The Hall–Kier alpha value is -1.58. The first-order valence-corrected chi connectivity index (χ1v) is 5.35. The van der Waals surface area contributed by atoms with Crippen LogP contribution in [0.15, 0.2) is 12.1 Å². The highest BCUT2D eigenvalue weighted by atomic mass is 19.1. The van der Waals surface area contributed by atoms with Crippen LogP contribution in [0.1, 0.15) is 25.0 Å². The van der Waals surface area contributed by atoms with Gasteiger partial charge in [-0.1, -0.05) is 12.1 Å². The second-order valence-corrected chi connectivity index (χ2v) is 4.75. The number of ether oxygens (including phenoxy) is 1. The highest BCUT2D eigenvalue weighted by Crippen LogP contribution is 2.31. The minimum atomic E-state index is -0.949. The summed E-state index contributed by atoms with van der Waals surface area (Å²) < 4.78 is 18.8. The van der Waals surface area contributed by atoms with E-state index in [-0.39, 0.29) is 12.2 Å². The van der Waals surface area contributed by atoms with E-state index in [1.165, 1.54) is 7.11 Å². The van der Waals surface area contributed by atoms with Gasteiger partial charge in [-0.05, 0) is 38.3 Å². The van der Waals surface area contributed by atoms with E-state index in [1.54, 1.807) is 32.9 Å². The second-order valence-electron chi connectivity index (χ2n) is 4.75. The number of hydrogen-bond donors (Lipinski definition) is 1. The molecule has 0 saturated heterocycles. The van der Waals surface area contributed by atoms with Crippen molar-refractivity contribution in [2.45, 2.75) is 27.2 Å². The van der Waals surface area contributed by atoms with E-state index in [2.05, 4.69) is 0 Å². The normalized spacial score (nSPS) is 11.4. The van der Waals surface area contributed by atoms with Crippen molar-refractivity contribution in [3.8, 4) is 5.75 Å². The smallest absolute Gasteiger partial charge is 0.309 e. The second kappa shape index (κ2) is 4.73. The molecule has 0 spiro atoms. The molecule has 3 nitrogen and oxygen atoms in total. The molecule has 0 aliphatic carbocycles. The van der Waals surface area contributed by atoms with Crippen molar-refractivity contribution in [3.63, 3.8) is 0 Å². The fourth-order valence-electron chi connectivity index (χ4n) is 1.61. The molecule has 0 saturated carbocycles. The molecular weight excluding hydrogens is 223 g/mol. The number of aryl methyl sites for hydroxylation is 1. The third-order valence-corrected chi connectivity index (χ3v) is 2.79. The van der Waals surface area contributed by atoms with Gasteiger partial charge in [0.15, 0.2) is 11.6 Å². The maximum atomic E-state index is 13.8. The molecule has 0 aromatic heterocycles. The Kier molecular flexibility index (Phi) is 3.76. The molecule has 94 valence electrons. The van der Waals surface area contributed by atoms with Crippen LogP contribution in [0.4, 0.5) is 4.39 Å². The molecule has 4 heteroatoms. The zero-order chi connectivity index (χ0) is 13.2. The SMILES string of the molecule is COc1c(CC(C)(C)C(=O)O)ccc(C)c1F. The standard InChI is InChI=1S/C13H17FO3/c1-8-5-6-9(11(17-4)10(8)14)7-13(2,3)12(15)16/h5-6H,7H2,1-4H3,(H,15,16). The number of hydrogen-bond acceptors (Lipinski definition) is 2. The predicted molar refractivity (Wildman–Crippen MR) is 62.8 cm³/mol. The lowest BCUT2D eigenvalue weighted by Crippen LogP contribution is -2.26. The first kappa shape index (κ1) is 13.5. The minimum absolute atomic E-state index is 0.138. The van der Waals surface area contributed by atoms with Crippen LogP contribution in [0.25, 0.3) is 0 Å². The topological polar surface area (TPSA) is 46.5 Å². The van der Waals surface area contributed by atoms with Gasteiger partial charge in [0.2, 0.25) is 0 Å². The number of methoxy groups -OCH3 is 1. The highest BCUT2D eigenvalue weighted by molar-refractivity contribution is 5.74. The summed E-state index contributed by atoms with van der Waals surface area (Å²) in [6, 6.07) is 3.34. The van der Waals surface area contributed by atoms with Gasteiger partial charge in [0.25, 0.3) is 0 Å². The number of carbonyl (C=O) groups is 1. The summed E-state index contributed by atoms with van der Waals surface area (Å²) in [5.41, 5.74) is 0.108. The molecule has 0 aliphatic heterocycles. The van der Waals surface area contributed by atoms with Gasteiger partial charge in [-0.3, -0.25) is 4.79 Å². The van der Waals surface area contributed by atoms with Crippen molar-refractivity contribution in [1.82, 2.24) is 0 Å². The molecule has 1 aromatic carbocycles. The Morgan fingerprint density at radius 1 is 1.47 bits per heavy atom. The monoisotopic (exact) mass is 240 g/mol. The largest absolute Gasteiger partial charge is 0.493 e. The summed E-state index contributed by atoms with van der Waals surface area (Å²) in [5.74, 6) is -1.20. The maximum Gasteiger partial charge on any atom is 0.309 e. The molecule has 0 radical (unpaired) electrons. The lowest BCUT2D eigenvalue weighted by atomic mass is 9.85. The molecule has 0 atom stereocenters. The van der Waals surface area contributed by atoms with Gasteiger partial charge in [-0.15, -0.1) is 0 Å². The van der Waals surface area contributed by atoms with Crippen LogP contribution in [-0.4, -0.2) is 18.2 Å². The fourth-order valence-corrected chi connectivity index (χ4v) is 1.61. The van der Waals surface area contributed by atoms with E-state index in [1.807, 2.05) is 0 Å². The van der Waals surface area contributed by atoms with Crippen molar-refractivity contribution in [2.24, 2.45) is 5.41 Å². The summed E-state index contributed by atoms with van der Waals surface area (Å²) in [6.45, 7) is 4.85. The Bertz CT molecular complexity index is 439. The number of carboxylic acids is 1. The number of aliphatic carboxylic acids is 1. The Balaban J connectivity index is 3.16. The third kappa shape index (κ3) is 2.75. The summed E-state index contributed by atoms with van der Waals surface area (Å²) in [6.07, 6.45) is 0.225. The number of halogens is 1. The summed E-state index contributed by atoms with van der Waals surface area (Å²) in [7, 11) is 1.38. The van der Waals surface area contributed by atoms with Gasteiger partial charge >= 0.3 is 5.97 Å². The van der Waals surface area contributed by atoms with E-state index in [0.29, 0.717) is 11.1 Å². The number of benzene rings is 1. The van der Waals surface area contributed by atoms with Crippen molar-refractivity contribution in [1.29, 1.82) is 0 Å². The van der Waals surface area contributed by atoms with Crippen LogP contribution in [0.2, 0.25) is 0 Å². The Labute approximate surface area is 100 Å². The molecule has 0 aliphatic rings. The third-order valence-electron chi connectivity index (χ3n) is 2.79. The Morgan fingerprint density at radius 2 is 2.06 bits per heavy atom. The van der Waals surface area contributed by atoms with Crippen LogP contribution in [0.3, 0.4) is 0 Å². The van der Waals surface area contributed by atoms with E-state index < -0.39 is 17.2 Å². The van der Waals surface area contributed by atoms with Crippen LogP contribution in [0, 0.1) is 18.2 Å². The first-order valence-electron chi connectivity index (χ1n) is 5.35. The van der Waals surface area contributed by atoms with Gasteiger partial charge < -0.3 is 9.84 Å². The van der Waals surface area contributed by atoms with E-state index in [0.717, 1.165) is 0 Å². The quantitative estimate of drug-likeness (QED) is 0.880. The van der Waals surface area contributed by atoms with Gasteiger partial charge in [0.05, 0.1) is 12.5 Å². The van der Waals surface area contributed by atoms with Crippen molar-refractivity contribution >= 4 is 5.97 Å². The molecule has 0 heterocycles. The number of carboxylic acid groups (broad SMARTS) is 1. The first-order chi connectivity index (χ1) is 7.79. The molecule has 0 bridgehead atoms. The van der Waals surface area contributed by atoms with Crippen molar-refractivity contribution in [2.75, 3.05) is 7.11 Å². The summed E-state index contributed by atoms with van der Waals surface area (Å²) in [4.78, 5) is 11.0. The molecule has 1 aromatic rings. The summed E-state index contributed by atoms with van der Waals surface area (Å²) >= 11 is 0. The zero-order valence-corrected chi connectivity index (χ0v) is 10.5. The summed E-state index contributed by atoms with van der Waals surface area (Å²) in [5, 5.41) is 9.06. The molecule has 0 fully saturated rings. The van der Waals surface area contributed by atoms with Gasteiger partial charge in [0.1, 0.15) is 0 Å². The highest BCUT2D eigenvalue weighted by Gasteiger charge is 2.29. The Morgan fingerprint density at radius 3 is 2.53 bits per heavy atom. The zero-order valence-electron chi connectivity index (χ0n) is 10.5. The average molecular weight is 240 g/mol.